The molecule has 1 aromatic carbocycles. The van der Waals surface area contributed by atoms with Crippen LogP contribution < -0.4 is 5.32 Å². The van der Waals surface area contributed by atoms with Gasteiger partial charge in [0.1, 0.15) is 5.82 Å². The molecule has 0 saturated heterocycles. The molecule has 0 fully saturated rings. The van der Waals surface area contributed by atoms with Crippen LogP contribution in [0.25, 0.3) is 6.08 Å². The van der Waals surface area contributed by atoms with E-state index in [2.05, 4.69) is 5.32 Å². The summed E-state index contributed by atoms with van der Waals surface area (Å²) in [6.07, 6.45) is 2.36. The molecule has 2 N–H and O–H groups in total. The van der Waals surface area contributed by atoms with E-state index in [4.69, 9.17) is 16.7 Å². The highest BCUT2D eigenvalue weighted by Crippen LogP contribution is 2.20. The lowest BCUT2D eigenvalue weighted by Gasteiger charge is -2.18. The molecule has 0 bridgehead atoms. The largest absolute Gasteiger partial charge is 0.481 e. The van der Waals surface area contributed by atoms with Crippen LogP contribution in [0.1, 0.15) is 19.4 Å². The molecule has 20 heavy (non-hydrogen) atoms. The monoisotopic (exact) mass is 299 g/mol. The molecule has 0 saturated carbocycles. The third-order valence-electron chi connectivity index (χ3n) is 2.68. The highest BCUT2D eigenvalue weighted by Gasteiger charge is 2.27. The molecule has 1 amide bonds. The minimum atomic E-state index is -1.07. The Kier molecular flexibility index (Phi) is 5.27. The molecule has 0 spiro atoms. The van der Waals surface area contributed by atoms with Gasteiger partial charge in [-0.3, -0.25) is 9.59 Å². The number of hydrogen-bond acceptors (Lipinski definition) is 2. The predicted molar refractivity (Wildman–Crippen MR) is 74.9 cm³/mol. The molecule has 0 radical (unpaired) electrons. The summed E-state index contributed by atoms with van der Waals surface area (Å²) < 4.78 is 13.4. The number of carboxylic acid groups (broad SMARTS) is 1. The molecule has 1 rings (SSSR count). The molecule has 6 heteroatoms. The number of carboxylic acids is 1. The summed E-state index contributed by atoms with van der Waals surface area (Å²) in [5.74, 6) is -2.06. The molecular weight excluding hydrogens is 285 g/mol. The zero-order chi connectivity index (χ0) is 15.3. The van der Waals surface area contributed by atoms with Gasteiger partial charge in [0.25, 0.3) is 0 Å². The highest BCUT2D eigenvalue weighted by molar-refractivity contribution is 6.32. The predicted octanol–water partition coefficient (Wildman–Crippen LogP) is 2.72. The first-order chi connectivity index (χ1) is 9.24. The molecule has 0 aliphatic heterocycles. The normalized spacial score (nSPS) is 11.6. The van der Waals surface area contributed by atoms with Gasteiger partial charge < -0.3 is 10.4 Å². The van der Waals surface area contributed by atoms with Crippen molar-refractivity contribution < 1.29 is 19.1 Å². The van der Waals surface area contributed by atoms with Crippen LogP contribution in [0.15, 0.2) is 24.3 Å². The first-order valence-corrected chi connectivity index (χ1v) is 6.25. The van der Waals surface area contributed by atoms with Crippen LogP contribution in [0, 0.1) is 11.2 Å². The van der Waals surface area contributed by atoms with E-state index in [1.165, 1.54) is 38.1 Å². The summed E-state index contributed by atoms with van der Waals surface area (Å²) in [6, 6.07) is 4.21. The lowest BCUT2D eigenvalue weighted by molar-refractivity contribution is -0.146. The van der Waals surface area contributed by atoms with Crippen molar-refractivity contribution in [3.05, 3.63) is 40.7 Å². The van der Waals surface area contributed by atoms with E-state index in [0.717, 1.165) is 6.08 Å². The van der Waals surface area contributed by atoms with Gasteiger partial charge in [-0.15, -0.1) is 0 Å². The number of hydrogen-bond donors (Lipinski definition) is 2. The van der Waals surface area contributed by atoms with E-state index < -0.39 is 23.1 Å². The molecule has 0 unspecified atom stereocenters. The Morgan fingerprint density at radius 3 is 2.65 bits per heavy atom. The number of amides is 1. The van der Waals surface area contributed by atoms with Gasteiger partial charge in [-0.05, 0) is 32.1 Å². The number of aliphatic carboxylic acids is 1. The fourth-order valence-electron chi connectivity index (χ4n) is 1.27. The number of rotatable bonds is 5. The quantitative estimate of drug-likeness (QED) is 0.822. The van der Waals surface area contributed by atoms with Gasteiger partial charge >= 0.3 is 5.97 Å². The molecule has 0 aromatic heterocycles. The van der Waals surface area contributed by atoms with Crippen LogP contribution in [0.4, 0.5) is 4.39 Å². The number of benzene rings is 1. The first-order valence-electron chi connectivity index (χ1n) is 5.87. The van der Waals surface area contributed by atoms with Crippen molar-refractivity contribution in [3.8, 4) is 0 Å². The van der Waals surface area contributed by atoms with E-state index in [1.807, 2.05) is 0 Å². The summed E-state index contributed by atoms with van der Waals surface area (Å²) in [5, 5.41) is 11.5. The summed E-state index contributed by atoms with van der Waals surface area (Å²) >= 11 is 5.80. The average molecular weight is 300 g/mol. The SMILES string of the molecule is CC(C)(CNC(=O)/C=C/c1c(F)cccc1Cl)C(=O)O. The van der Waals surface area contributed by atoms with E-state index >= 15 is 0 Å². The maximum Gasteiger partial charge on any atom is 0.310 e. The van der Waals surface area contributed by atoms with Crippen LogP contribution >= 0.6 is 11.6 Å². The van der Waals surface area contributed by atoms with Gasteiger partial charge in [0.05, 0.1) is 10.4 Å². The summed E-state index contributed by atoms with van der Waals surface area (Å²) in [7, 11) is 0. The summed E-state index contributed by atoms with van der Waals surface area (Å²) in [4.78, 5) is 22.4. The van der Waals surface area contributed by atoms with Crippen LogP contribution in [-0.2, 0) is 9.59 Å². The van der Waals surface area contributed by atoms with Crippen LogP contribution in [0.3, 0.4) is 0 Å². The Bertz CT molecular complexity index is 535. The molecule has 108 valence electrons. The summed E-state index contributed by atoms with van der Waals surface area (Å²) in [6.45, 7) is 2.95. The second-order valence-corrected chi connectivity index (χ2v) is 5.28. The van der Waals surface area contributed by atoms with Crippen molar-refractivity contribution in [1.82, 2.24) is 5.32 Å². The van der Waals surface area contributed by atoms with Crippen molar-refractivity contribution in [3.63, 3.8) is 0 Å². The first kappa shape index (κ1) is 16.2. The standard InChI is InChI=1S/C14H15ClFNO3/c1-14(2,13(19)20)8-17-12(18)7-6-9-10(15)4-3-5-11(9)16/h3-7H,8H2,1-2H3,(H,17,18)(H,19,20)/b7-6+. The van der Waals surface area contributed by atoms with Crippen molar-refractivity contribution in [2.45, 2.75) is 13.8 Å². The van der Waals surface area contributed by atoms with E-state index in [9.17, 15) is 14.0 Å². The van der Waals surface area contributed by atoms with Gasteiger partial charge in [-0.2, -0.15) is 0 Å². The van der Waals surface area contributed by atoms with Gasteiger partial charge in [0.2, 0.25) is 5.91 Å². The summed E-state index contributed by atoms with van der Waals surface area (Å²) in [5.41, 5.74) is -0.958. The highest BCUT2D eigenvalue weighted by atomic mass is 35.5. The minimum absolute atomic E-state index is 0.0312. The van der Waals surface area contributed by atoms with Gasteiger partial charge in [0.15, 0.2) is 0 Å². The molecule has 0 aliphatic carbocycles. The van der Waals surface area contributed by atoms with Crippen LogP contribution in [-0.4, -0.2) is 23.5 Å². The van der Waals surface area contributed by atoms with Crippen molar-refractivity contribution in [2.24, 2.45) is 5.41 Å². The second kappa shape index (κ2) is 6.52. The number of carbonyl (C=O) groups is 2. The fourth-order valence-corrected chi connectivity index (χ4v) is 1.50. The molecular formula is C14H15ClFNO3. The number of carbonyl (C=O) groups excluding carboxylic acids is 1. The lowest BCUT2D eigenvalue weighted by Crippen LogP contribution is -2.38. The Labute approximate surface area is 121 Å². The van der Waals surface area contributed by atoms with E-state index in [-0.39, 0.29) is 17.1 Å². The average Bonchev–Trinajstić information content (AvgIpc) is 2.35. The molecule has 0 heterocycles. The fraction of sp³-hybridized carbons (Fsp3) is 0.286. The van der Waals surface area contributed by atoms with Gasteiger partial charge in [-0.1, -0.05) is 17.7 Å². The third-order valence-corrected chi connectivity index (χ3v) is 3.01. The topological polar surface area (TPSA) is 66.4 Å². The number of nitrogens with one attached hydrogen (secondary N) is 1. The molecule has 4 nitrogen and oxygen atoms in total. The Morgan fingerprint density at radius 2 is 2.10 bits per heavy atom. The van der Waals surface area contributed by atoms with Crippen LogP contribution in [0.2, 0.25) is 5.02 Å². The minimum Gasteiger partial charge on any atom is -0.481 e. The molecule has 0 aliphatic rings. The second-order valence-electron chi connectivity index (χ2n) is 4.88. The zero-order valence-corrected chi connectivity index (χ0v) is 11.9. The third kappa shape index (κ3) is 4.35. The van der Waals surface area contributed by atoms with Crippen molar-refractivity contribution in [2.75, 3.05) is 6.54 Å². The van der Waals surface area contributed by atoms with Crippen molar-refractivity contribution >= 4 is 29.6 Å². The van der Waals surface area contributed by atoms with Crippen molar-refractivity contribution in [1.29, 1.82) is 0 Å². The Morgan fingerprint density at radius 1 is 1.45 bits per heavy atom. The van der Waals surface area contributed by atoms with Crippen LogP contribution in [0.5, 0.6) is 0 Å². The lowest BCUT2D eigenvalue weighted by atomic mass is 9.94. The molecule has 1 aromatic rings. The van der Waals surface area contributed by atoms with E-state index in [1.54, 1.807) is 0 Å². The molecule has 0 atom stereocenters. The smallest absolute Gasteiger partial charge is 0.310 e. The van der Waals surface area contributed by atoms with Gasteiger partial charge in [-0.25, -0.2) is 4.39 Å². The number of halogens is 2. The Hall–Kier alpha value is -1.88. The maximum absolute atomic E-state index is 13.4. The van der Waals surface area contributed by atoms with Gasteiger partial charge in [0, 0.05) is 18.2 Å². The maximum atomic E-state index is 13.4. The zero-order valence-electron chi connectivity index (χ0n) is 11.1. The Balaban J connectivity index is 2.68. The van der Waals surface area contributed by atoms with E-state index in [0.29, 0.717) is 0 Å².